The Morgan fingerprint density at radius 2 is 1.63 bits per heavy atom. The summed E-state index contributed by atoms with van der Waals surface area (Å²) in [7, 11) is -3.24. The van der Waals surface area contributed by atoms with Crippen molar-refractivity contribution < 1.29 is 13.2 Å². The van der Waals surface area contributed by atoms with Gasteiger partial charge in [0, 0.05) is 5.02 Å². The molecule has 1 fully saturated rings. The summed E-state index contributed by atoms with van der Waals surface area (Å²) in [6, 6.07) is 16.4. The van der Waals surface area contributed by atoms with Gasteiger partial charge in [-0.05, 0) is 55.8 Å². The second-order valence-corrected chi connectivity index (χ2v) is 9.60. The molecule has 0 N–H and O–H groups in total. The van der Waals surface area contributed by atoms with E-state index in [4.69, 9.17) is 16.3 Å². The fourth-order valence-electron chi connectivity index (χ4n) is 3.45. The van der Waals surface area contributed by atoms with Gasteiger partial charge in [-0.2, -0.15) is 0 Å². The molecule has 1 unspecified atom stereocenters. The summed E-state index contributed by atoms with van der Waals surface area (Å²) < 4.78 is 31.5. The minimum atomic E-state index is -3.24. The van der Waals surface area contributed by atoms with Crippen LogP contribution in [0.2, 0.25) is 5.02 Å². The molecule has 1 saturated heterocycles. The highest BCUT2D eigenvalue weighted by Crippen LogP contribution is 2.19. The highest BCUT2D eigenvalue weighted by atomic mass is 35.5. The molecule has 1 heterocycles. The van der Waals surface area contributed by atoms with E-state index in [2.05, 4.69) is 4.90 Å². The van der Waals surface area contributed by atoms with E-state index in [9.17, 15) is 8.42 Å². The van der Waals surface area contributed by atoms with Gasteiger partial charge >= 0.3 is 0 Å². The summed E-state index contributed by atoms with van der Waals surface area (Å²) >= 11 is 5.92. The summed E-state index contributed by atoms with van der Waals surface area (Å²) in [5.74, 6) is 0.885. The Morgan fingerprint density at radius 1 is 0.963 bits per heavy atom. The van der Waals surface area contributed by atoms with Gasteiger partial charge in [0.1, 0.15) is 12.4 Å². The van der Waals surface area contributed by atoms with Crippen molar-refractivity contribution in [2.24, 2.45) is 0 Å². The van der Waals surface area contributed by atoms with E-state index in [0.717, 1.165) is 31.5 Å². The van der Waals surface area contributed by atoms with Crippen molar-refractivity contribution in [2.75, 3.05) is 25.4 Å². The number of sulfone groups is 1. The molecule has 0 amide bonds. The van der Waals surface area contributed by atoms with Gasteiger partial charge < -0.3 is 4.74 Å². The van der Waals surface area contributed by atoms with Gasteiger partial charge in [-0.1, -0.05) is 48.4 Å². The number of nitrogens with zero attached hydrogens (tertiary/aromatic N) is 1. The normalized spacial score (nSPS) is 16.8. The van der Waals surface area contributed by atoms with Crippen molar-refractivity contribution in [3.05, 3.63) is 65.2 Å². The predicted molar refractivity (Wildman–Crippen MR) is 110 cm³/mol. The highest BCUT2D eigenvalue weighted by Gasteiger charge is 2.27. The molecular weight excluding hydrogens is 382 g/mol. The minimum Gasteiger partial charge on any atom is -0.492 e. The van der Waals surface area contributed by atoms with Crippen LogP contribution < -0.4 is 4.74 Å². The molecule has 0 aliphatic carbocycles. The first-order chi connectivity index (χ1) is 13.0. The molecule has 2 aromatic carbocycles. The average molecular weight is 408 g/mol. The van der Waals surface area contributed by atoms with Crippen LogP contribution >= 0.6 is 11.6 Å². The maximum absolute atomic E-state index is 12.8. The molecular formula is C21H26ClNO3S. The lowest BCUT2D eigenvalue weighted by Gasteiger charge is -2.34. The van der Waals surface area contributed by atoms with E-state index >= 15 is 0 Å². The van der Waals surface area contributed by atoms with Crippen LogP contribution in [-0.4, -0.2) is 44.8 Å². The third-order valence-corrected chi connectivity index (χ3v) is 6.76. The van der Waals surface area contributed by atoms with E-state index in [0.29, 0.717) is 17.4 Å². The number of benzene rings is 2. The number of hydrogen-bond donors (Lipinski definition) is 0. The maximum atomic E-state index is 12.8. The minimum absolute atomic E-state index is 0.0686. The molecule has 0 aromatic heterocycles. The van der Waals surface area contributed by atoms with Crippen molar-refractivity contribution in [3.63, 3.8) is 0 Å². The van der Waals surface area contributed by atoms with Crippen molar-refractivity contribution in [1.82, 2.24) is 4.90 Å². The summed E-state index contributed by atoms with van der Waals surface area (Å²) in [6.07, 6.45) is 3.42. The van der Waals surface area contributed by atoms with E-state index in [1.165, 1.54) is 6.42 Å². The van der Waals surface area contributed by atoms with Crippen LogP contribution in [0.25, 0.3) is 0 Å². The molecule has 0 saturated carbocycles. The highest BCUT2D eigenvalue weighted by molar-refractivity contribution is 7.90. The Balaban J connectivity index is 1.67. The predicted octanol–water partition coefficient (Wildman–Crippen LogP) is 4.19. The number of halogens is 1. The van der Waals surface area contributed by atoms with Crippen molar-refractivity contribution in [2.45, 2.75) is 31.1 Å². The topological polar surface area (TPSA) is 46.6 Å². The lowest BCUT2D eigenvalue weighted by Crippen LogP contribution is -2.46. The van der Waals surface area contributed by atoms with E-state index < -0.39 is 9.84 Å². The molecule has 0 bridgehead atoms. The van der Waals surface area contributed by atoms with Crippen LogP contribution in [0.3, 0.4) is 0 Å². The number of rotatable bonds is 8. The zero-order chi connectivity index (χ0) is 19.1. The molecule has 4 nitrogen and oxygen atoms in total. The van der Waals surface area contributed by atoms with Gasteiger partial charge in [0.2, 0.25) is 0 Å². The molecule has 6 heteroatoms. The number of piperidine rings is 1. The molecule has 3 rings (SSSR count). The Labute approximate surface area is 167 Å². The van der Waals surface area contributed by atoms with E-state index in [-0.39, 0.29) is 17.5 Å². The average Bonchev–Trinajstić information content (AvgIpc) is 2.67. The monoisotopic (exact) mass is 407 g/mol. The number of hydrogen-bond acceptors (Lipinski definition) is 4. The molecule has 0 radical (unpaired) electrons. The molecule has 1 aliphatic heterocycles. The van der Waals surface area contributed by atoms with Gasteiger partial charge in [-0.3, -0.25) is 4.90 Å². The first-order valence-electron chi connectivity index (χ1n) is 9.39. The Bertz CT molecular complexity index is 803. The summed E-state index contributed by atoms with van der Waals surface area (Å²) in [4.78, 5) is 2.27. The summed E-state index contributed by atoms with van der Waals surface area (Å²) in [6.45, 7) is 2.21. The van der Waals surface area contributed by atoms with Crippen molar-refractivity contribution in [3.8, 4) is 5.75 Å². The second kappa shape index (κ2) is 9.58. The van der Waals surface area contributed by atoms with Crippen molar-refractivity contribution in [1.29, 1.82) is 0 Å². The summed E-state index contributed by atoms with van der Waals surface area (Å²) in [5.41, 5.74) is 0.827. The van der Waals surface area contributed by atoms with Crippen LogP contribution in [0.4, 0.5) is 0 Å². The fourth-order valence-corrected chi connectivity index (χ4v) is 5.28. The first kappa shape index (κ1) is 20.2. The zero-order valence-electron chi connectivity index (χ0n) is 15.4. The fraction of sp³-hybridized carbons (Fsp3) is 0.429. The maximum Gasteiger partial charge on any atom is 0.156 e. The molecule has 1 atom stereocenters. The van der Waals surface area contributed by atoms with Gasteiger partial charge in [0.15, 0.2) is 9.84 Å². The van der Waals surface area contributed by atoms with Crippen LogP contribution in [-0.2, 0) is 15.6 Å². The Morgan fingerprint density at radius 3 is 2.30 bits per heavy atom. The molecule has 27 heavy (non-hydrogen) atoms. The Kier molecular flexibility index (Phi) is 7.16. The number of ether oxygens (including phenoxy) is 1. The summed E-state index contributed by atoms with van der Waals surface area (Å²) in [5, 5.41) is 0.653. The first-order valence-corrected chi connectivity index (χ1v) is 11.6. The van der Waals surface area contributed by atoms with Gasteiger partial charge in [-0.15, -0.1) is 0 Å². The molecule has 1 aliphatic rings. The number of likely N-dealkylation sites (tertiary alicyclic amines) is 1. The molecule has 0 spiro atoms. The van der Waals surface area contributed by atoms with Gasteiger partial charge in [-0.25, -0.2) is 8.42 Å². The molecule has 2 aromatic rings. The smallest absolute Gasteiger partial charge is 0.156 e. The van der Waals surface area contributed by atoms with Crippen molar-refractivity contribution >= 4 is 21.4 Å². The quantitative estimate of drug-likeness (QED) is 0.658. The van der Waals surface area contributed by atoms with E-state index in [1.54, 1.807) is 12.1 Å². The van der Waals surface area contributed by atoms with Crippen LogP contribution in [0.15, 0.2) is 54.6 Å². The third kappa shape index (κ3) is 6.52. The lowest BCUT2D eigenvalue weighted by molar-refractivity contribution is 0.126. The second-order valence-electron chi connectivity index (χ2n) is 7.06. The van der Waals surface area contributed by atoms with Crippen LogP contribution in [0.1, 0.15) is 24.8 Å². The standard InChI is InChI=1S/C21H26ClNO3S/c22-19-9-11-21(12-10-19)26-15-20(23-13-5-2-6-14-23)17-27(24,25)16-18-7-3-1-4-8-18/h1,3-4,7-12,20H,2,5-6,13-17H2. The lowest BCUT2D eigenvalue weighted by atomic mass is 10.1. The largest absolute Gasteiger partial charge is 0.492 e. The Hall–Kier alpha value is -1.56. The van der Waals surface area contributed by atoms with E-state index in [1.807, 2.05) is 42.5 Å². The molecule has 146 valence electrons. The SMILES string of the molecule is O=S(=O)(Cc1ccccc1)CC(COc1ccc(Cl)cc1)N1CCCCC1. The van der Waals surface area contributed by atoms with Crippen LogP contribution in [0.5, 0.6) is 5.75 Å². The third-order valence-electron chi connectivity index (χ3n) is 4.84. The van der Waals surface area contributed by atoms with Gasteiger partial charge in [0.05, 0.1) is 17.5 Å². The van der Waals surface area contributed by atoms with Gasteiger partial charge in [0.25, 0.3) is 0 Å². The van der Waals surface area contributed by atoms with Crippen LogP contribution in [0, 0.1) is 0 Å². The zero-order valence-corrected chi connectivity index (χ0v) is 17.0.